The van der Waals surface area contributed by atoms with Crippen LogP contribution in [0.4, 0.5) is 0 Å². The van der Waals surface area contributed by atoms with Crippen molar-refractivity contribution in [2.24, 2.45) is 0 Å². The minimum Gasteiger partial charge on any atom is -0.493 e. The molecule has 32 heavy (non-hydrogen) atoms. The molecule has 0 atom stereocenters. The van der Waals surface area contributed by atoms with Crippen molar-refractivity contribution >= 4 is 5.91 Å². The number of carbonyl (C=O) groups excluding carboxylic acids is 1. The predicted molar refractivity (Wildman–Crippen MR) is 121 cm³/mol. The quantitative estimate of drug-likeness (QED) is 0.574. The van der Waals surface area contributed by atoms with Crippen LogP contribution in [0.25, 0.3) is 0 Å². The molecule has 2 heterocycles. The summed E-state index contributed by atoms with van der Waals surface area (Å²) in [5, 5.41) is 6.95. The Labute approximate surface area is 188 Å². The van der Waals surface area contributed by atoms with E-state index in [1.165, 1.54) is 5.56 Å². The number of nitrogens with zero attached hydrogens (tertiary/aromatic N) is 2. The smallest absolute Gasteiger partial charge is 0.227 e. The lowest BCUT2D eigenvalue weighted by molar-refractivity contribution is -0.121. The van der Waals surface area contributed by atoms with E-state index < -0.39 is 0 Å². The Hall–Kier alpha value is -3.32. The van der Waals surface area contributed by atoms with Crippen molar-refractivity contribution in [3.63, 3.8) is 0 Å². The molecule has 1 fully saturated rings. The lowest BCUT2D eigenvalue weighted by Gasteiger charge is -2.32. The topological polar surface area (TPSA) is 76.8 Å². The highest BCUT2D eigenvalue weighted by Crippen LogP contribution is 2.31. The summed E-state index contributed by atoms with van der Waals surface area (Å²) < 4.78 is 16.5. The minimum atomic E-state index is -0.0132. The SMILES string of the molecule is COc1ccccc1Oc1cccc(CN2CCC(NC(=O)Cc3cc(C)no3)CC2)c1. The molecule has 1 saturated heterocycles. The Bertz CT molecular complexity index is 1040. The number of aromatic nitrogens is 1. The summed E-state index contributed by atoms with van der Waals surface area (Å²) in [7, 11) is 1.64. The average molecular weight is 436 g/mol. The molecule has 0 unspecified atom stereocenters. The van der Waals surface area contributed by atoms with Gasteiger partial charge in [0.2, 0.25) is 5.91 Å². The largest absolute Gasteiger partial charge is 0.493 e. The Morgan fingerprint density at radius 1 is 1.12 bits per heavy atom. The number of ether oxygens (including phenoxy) is 2. The number of hydrogen-bond donors (Lipinski definition) is 1. The second-order valence-electron chi connectivity index (χ2n) is 8.13. The summed E-state index contributed by atoms with van der Waals surface area (Å²) in [6.07, 6.45) is 2.09. The molecular weight excluding hydrogens is 406 g/mol. The number of carbonyl (C=O) groups is 1. The third-order valence-electron chi connectivity index (χ3n) is 5.57. The summed E-state index contributed by atoms with van der Waals surface area (Å²) in [6, 6.07) is 17.8. The monoisotopic (exact) mass is 435 g/mol. The van der Waals surface area contributed by atoms with Gasteiger partial charge in [0.25, 0.3) is 0 Å². The van der Waals surface area contributed by atoms with Crippen LogP contribution in [0.2, 0.25) is 0 Å². The first kappa shape index (κ1) is 21.9. The van der Waals surface area contributed by atoms with Gasteiger partial charge in [0.15, 0.2) is 11.5 Å². The molecule has 0 spiro atoms. The summed E-state index contributed by atoms with van der Waals surface area (Å²) in [5.74, 6) is 2.79. The molecule has 0 bridgehead atoms. The molecule has 7 heteroatoms. The van der Waals surface area contributed by atoms with E-state index in [9.17, 15) is 4.79 Å². The second-order valence-corrected chi connectivity index (χ2v) is 8.13. The number of piperidine rings is 1. The molecule has 2 aromatic carbocycles. The molecule has 0 radical (unpaired) electrons. The lowest BCUT2D eigenvalue weighted by atomic mass is 10.0. The van der Waals surface area contributed by atoms with Crippen molar-refractivity contribution in [3.05, 3.63) is 71.6 Å². The number of para-hydroxylation sites is 2. The third-order valence-corrected chi connectivity index (χ3v) is 5.57. The molecule has 1 aliphatic rings. The summed E-state index contributed by atoms with van der Waals surface area (Å²) in [5.41, 5.74) is 1.99. The molecule has 0 saturated carbocycles. The van der Waals surface area contributed by atoms with Gasteiger partial charge in [-0.1, -0.05) is 29.4 Å². The molecule has 4 rings (SSSR count). The molecule has 0 aliphatic carbocycles. The number of aryl methyl sites for hydroxylation is 1. The number of benzene rings is 2. The molecule has 1 aliphatic heterocycles. The molecule has 7 nitrogen and oxygen atoms in total. The van der Waals surface area contributed by atoms with Gasteiger partial charge in [-0.25, -0.2) is 0 Å². The van der Waals surface area contributed by atoms with E-state index in [2.05, 4.69) is 27.5 Å². The van der Waals surface area contributed by atoms with Crippen LogP contribution in [0.15, 0.2) is 59.1 Å². The van der Waals surface area contributed by atoms with Crippen LogP contribution >= 0.6 is 0 Å². The van der Waals surface area contributed by atoms with E-state index >= 15 is 0 Å². The lowest BCUT2D eigenvalue weighted by Crippen LogP contribution is -2.44. The Balaban J connectivity index is 1.26. The van der Waals surface area contributed by atoms with Crippen LogP contribution < -0.4 is 14.8 Å². The van der Waals surface area contributed by atoms with Crippen LogP contribution in [-0.4, -0.2) is 42.2 Å². The average Bonchev–Trinajstić information content (AvgIpc) is 3.20. The van der Waals surface area contributed by atoms with Gasteiger partial charge in [0.05, 0.1) is 19.2 Å². The fourth-order valence-corrected chi connectivity index (χ4v) is 3.97. The van der Waals surface area contributed by atoms with Crippen LogP contribution in [0, 0.1) is 6.92 Å². The maximum atomic E-state index is 12.3. The summed E-state index contributed by atoms with van der Waals surface area (Å²) >= 11 is 0. The van der Waals surface area contributed by atoms with E-state index in [4.69, 9.17) is 14.0 Å². The zero-order valence-corrected chi connectivity index (χ0v) is 18.5. The number of likely N-dealkylation sites (tertiary alicyclic amines) is 1. The Morgan fingerprint density at radius 2 is 1.91 bits per heavy atom. The highest BCUT2D eigenvalue weighted by molar-refractivity contribution is 5.78. The van der Waals surface area contributed by atoms with Gasteiger partial charge in [-0.15, -0.1) is 0 Å². The molecule has 1 aromatic heterocycles. The van der Waals surface area contributed by atoms with E-state index in [0.29, 0.717) is 17.3 Å². The van der Waals surface area contributed by atoms with Crippen LogP contribution in [0.5, 0.6) is 17.2 Å². The maximum absolute atomic E-state index is 12.3. The van der Waals surface area contributed by atoms with Gasteiger partial charge < -0.3 is 19.3 Å². The van der Waals surface area contributed by atoms with E-state index in [1.54, 1.807) is 13.2 Å². The van der Waals surface area contributed by atoms with Crippen molar-refractivity contribution in [2.45, 2.75) is 38.8 Å². The van der Waals surface area contributed by atoms with Gasteiger partial charge in [-0.3, -0.25) is 9.69 Å². The first-order chi connectivity index (χ1) is 15.6. The maximum Gasteiger partial charge on any atom is 0.227 e. The first-order valence-corrected chi connectivity index (χ1v) is 10.9. The van der Waals surface area contributed by atoms with Crippen molar-refractivity contribution in [2.75, 3.05) is 20.2 Å². The van der Waals surface area contributed by atoms with Crippen molar-refractivity contribution in [1.29, 1.82) is 0 Å². The van der Waals surface area contributed by atoms with Gasteiger partial charge in [-0.05, 0) is 49.6 Å². The molecule has 1 amide bonds. The predicted octanol–water partition coefficient (Wildman–Crippen LogP) is 4.11. The van der Waals surface area contributed by atoms with Crippen molar-refractivity contribution < 1.29 is 18.8 Å². The summed E-state index contributed by atoms with van der Waals surface area (Å²) in [6.45, 7) is 4.57. The van der Waals surface area contributed by atoms with Gasteiger partial charge in [0.1, 0.15) is 11.5 Å². The van der Waals surface area contributed by atoms with Gasteiger partial charge in [0, 0.05) is 31.7 Å². The minimum absolute atomic E-state index is 0.0132. The second kappa shape index (κ2) is 10.3. The molecule has 1 N–H and O–H groups in total. The van der Waals surface area contributed by atoms with Crippen LogP contribution in [0.3, 0.4) is 0 Å². The van der Waals surface area contributed by atoms with Crippen LogP contribution in [0.1, 0.15) is 29.9 Å². The number of rotatable bonds is 8. The molecule has 168 valence electrons. The fourth-order valence-electron chi connectivity index (χ4n) is 3.97. The number of nitrogens with one attached hydrogen (secondary N) is 1. The normalized spacial score (nSPS) is 14.8. The van der Waals surface area contributed by atoms with E-state index in [0.717, 1.165) is 43.9 Å². The standard InChI is InChI=1S/C25H29N3O4/c1-18-14-22(32-27-18)16-25(29)26-20-10-12-28(13-11-20)17-19-6-5-7-21(15-19)31-24-9-4-3-8-23(24)30-2/h3-9,14-15,20H,10-13,16-17H2,1-2H3,(H,26,29). The van der Waals surface area contributed by atoms with Crippen molar-refractivity contribution in [1.82, 2.24) is 15.4 Å². The van der Waals surface area contributed by atoms with E-state index in [-0.39, 0.29) is 18.4 Å². The molecular formula is C25H29N3O4. The van der Waals surface area contributed by atoms with Crippen LogP contribution in [-0.2, 0) is 17.8 Å². The highest BCUT2D eigenvalue weighted by Gasteiger charge is 2.21. The zero-order valence-electron chi connectivity index (χ0n) is 18.5. The Morgan fingerprint density at radius 3 is 2.62 bits per heavy atom. The third kappa shape index (κ3) is 5.88. The highest BCUT2D eigenvalue weighted by atomic mass is 16.5. The van der Waals surface area contributed by atoms with E-state index in [1.807, 2.05) is 43.3 Å². The number of methoxy groups -OCH3 is 1. The van der Waals surface area contributed by atoms with Gasteiger partial charge in [-0.2, -0.15) is 0 Å². The molecule has 3 aromatic rings. The Kier molecular flexibility index (Phi) is 7.07. The number of amides is 1. The first-order valence-electron chi connectivity index (χ1n) is 10.9. The summed E-state index contributed by atoms with van der Waals surface area (Å²) in [4.78, 5) is 14.7. The zero-order chi connectivity index (χ0) is 22.3. The number of hydrogen-bond acceptors (Lipinski definition) is 6. The fraction of sp³-hybridized carbons (Fsp3) is 0.360. The van der Waals surface area contributed by atoms with Crippen molar-refractivity contribution in [3.8, 4) is 17.2 Å². The van der Waals surface area contributed by atoms with Gasteiger partial charge >= 0.3 is 0 Å².